The summed E-state index contributed by atoms with van der Waals surface area (Å²) >= 11 is 1.35. The summed E-state index contributed by atoms with van der Waals surface area (Å²) in [5.74, 6) is -0.569. The number of carbonyl (C=O) groups is 3. The van der Waals surface area contributed by atoms with Gasteiger partial charge in [0, 0.05) is 31.4 Å². The largest absolute Gasteiger partial charge is 0.342 e. The molecule has 0 atom stereocenters. The molecular weight excluding hydrogens is 350 g/mol. The fourth-order valence-corrected chi connectivity index (χ4v) is 3.12. The van der Waals surface area contributed by atoms with Gasteiger partial charge in [0.2, 0.25) is 5.91 Å². The third-order valence-electron chi connectivity index (χ3n) is 3.95. The second-order valence-corrected chi connectivity index (χ2v) is 6.69. The van der Waals surface area contributed by atoms with Gasteiger partial charge in [0.15, 0.2) is 0 Å². The molecule has 1 heterocycles. The zero-order chi connectivity index (χ0) is 19.1. The van der Waals surface area contributed by atoms with Gasteiger partial charge in [-0.2, -0.15) is 0 Å². The van der Waals surface area contributed by atoms with Gasteiger partial charge < -0.3 is 15.1 Å². The number of carbonyl (C=O) groups excluding carboxylic acids is 3. The first-order chi connectivity index (χ1) is 12.5. The van der Waals surface area contributed by atoms with Crippen LogP contribution in [0, 0.1) is 0 Å². The minimum Gasteiger partial charge on any atom is -0.342 e. The molecule has 0 aliphatic rings. The van der Waals surface area contributed by atoms with E-state index >= 15 is 0 Å². The summed E-state index contributed by atoms with van der Waals surface area (Å²) in [6, 6.07) is 10.3. The molecule has 0 radical (unpaired) electrons. The van der Waals surface area contributed by atoms with Gasteiger partial charge in [0.1, 0.15) is 0 Å². The zero-order valence-corrected chi connectivity index (χ0v) is 16.0. The zero-order valence-electron chi connectivity index (χ0n) is 15.2. The van der Waals surface area contributed by atoms with Gasteiger partial charge in [-0.1, -0.05) is 12.1 Å². The number of anilines is 1. The topological polar surface area (TPSA) is 69.7 Å². The van der Waals surface area contributed by atoms with Crippen LogP contribution in [0.2, 0.25) is 0 Å². The first-order valence-corrected chi connectivity index (χ1v) is 9.32. The molecule has 7 heteroatoms. The number of nitrogens with one attached hydrogen (secondary N) is 1. The van der Waals surface area contributed by atoms with Crippen LogP contribution >= 0.6 is 11.3 Å². The Bertz CT molecular complexity index is 770. The summed E-state index contributed by atoms with van der Waals surface area (Å²) in [5, 5.41) is 4.61. The van der Waals surface area contributed by atoms with Gasteiger partial charge in [0.25, 0.3) is 11.8 Å². The molecule has 0 bridgehead atoms. The molecule has 138 valence electrons. The van der Waals surface area contributed by atoms with Crippen molar-refractivity contribution in [2.24, 2.45) is 0 Å². The standard InChI is InChI=1S/C19H23N3O3S/c1-4-22(5-2)17(23)13-21(3)19(25)14-8-6-9-15(12-14)20-18(24)16-10-7-11-26-16/h6-12H,4-5,13H2,1-3H3,(H,20,24). The van der Waals surface area contributed by atoms with Gasteiger partial charge >= 0.3 is 0 Å². The van der Waals surface area contributed by atoms with Crippen LogP contribution in [-0.4, -0.2) is 54.2 Å². The Morgan fingerprint density at radius 2 is 1.81 bits per heavy atom. The predicted octanol–water partition coefficient (Wildman–Crippen LogP) is 2.94. The van der Waals surface area contributed by atoms with Crippen LogP contribution in [-0.2, 0) is 4.79 Å². The number of benzene rings is 1. The molecule has 26 heavy (non-hydrogen) atoms. The van der Waals surface area contributed by atoms with E-state index in [0.29, 0.717) is 29.2 Å². The quantitative estimate of drug-likeness (QED) is 0.811. The SMILES string of the molecule is CCN(CC)C(=O)CN(C)C(=O)c1cccc(NC(=O)c2cccs2)c1. The summed E-state index contributed by atoms with van der Waals surface area (Å²) in [6.07, 6.45) is 0. The molecule has 0 saturated carbocycles. The molecule has 0 aliphatic heterocycles. The summed E-state index contributed by atoms with van der Waals surface area (Å²) < 4.78 is 0. The van der Waals surface area contributed by atoms with Crippen LogP contribution in [0.5, 0.6) is 0 Å². The van der Waals surface area contributed by atoms with Crippen LogP contribution in [0.15, 0.2) is 41.8 Å². The lowest BCUT2D eigenvalue weighted by atomic mass is 10.1. The van der Waals surface area contributed by atoms with Crippen molar-refractivity contribution in [2.75, 3.05) is 32.0 Å². The Labute approximate surface area is 157 Å². The summed E-state index contributed by atoms with van der Waals surface area (Å²) in [6.45, 7) is 5.06. The van der Waals surface area contributed by atoms with Crippen LogP contribution < -0.4 is 5.32 Å². The molecule has 0 unspecified atom stereocenters. The van der Waals surface area contributed by atoms with E-state index in [1.54, 1.807) is 48.3 Å². The van der Waals surface area contributed by atoms with Crippen LogP contribution in [0.25, 0.3) is 0 Å². The molecule has 6 nitrogen and oxygen atoms in total. The third kappa shape index (κ3) is 4.92. The normalized spacial score (nSPS) is 10.3. The molecule has 1 aromatic heterocycles. The second-order valence-electron chi connectivity index (χ2n) is 5.74. The Balaban J connectivity index is 2.05. The van der Waals surface area contributed by atoms with Crippen molar-refractivity contribution in [1.82, 2.24) is 9.80 Å². The van der Waals surface area contributed by atoms with E-state index in [1.807, 2.05) is 19.2 Å². The number of amides is 3. The fourth-order valence-electron chi connectivity index (χ4n) is 2.50. The van der Waals surface area contributed by atoms with Crippen molar-refractivity contribution in [1.29, 1.82) is 0 Å². The van der Waals surface area contributed by atoms with Crippen molar-refractivity contribution in [2.45, 2.75) is 13.8 Å². The number of thiophene rings is 1. The maximum Gasteiger partial charge on any atom is 0.265 e. The molecule has 1 N–H and O–H groups in total. The Morgan fingerprint density at radius 1 is 1.08 bits per heavy atom. The molecular formula is C19H23N3O3S. The Hall–Kier alpha value is -2.67. The first-order valence-electron chi connectivity index (χ1n) is 8.44. The van der Waals surface area contributed by atoms with Gasteiger partial charge in [-0.15, -0.1) is 11.3 Å². The number of likely N-dealkylation sites (N-methyl/N-ethyl adjacent to an activating group) is 2. The van der Waals surface area contributed by atoms with E-state index in [-0.39, 0.29) is 24.3 Å². The highest BCUT2D eigenvalue weighted by molar-refractivity contribution is 7.12. The van der Waals surface area contributed by atoms with E-state index in [1.165, 1.54) is 16.2 Å². The van der Waals surface area contributed by atoms with Crippen LogP contribution in [0.4, 0.5) is 5.69 Å². The Morgan fingerprint density at radius 3 is 2.42 bits per heavy atom. The maximum atomic E-state index is 12.6. The molecule has 0 aliphatic carbocycles. The van der Waals surface area contributed by atoms with Crippen LogP contribution in [0.1, 0.15) is 33.9 Å². The van der Waals surface area contributed by atoms with Crippen molar-refractivity contribution in [3.05, 3.63) is 52.2 Å². The summed E-state index contributed by atoms with van der Waals surface area (Å²) in [5.41, 5.74) is 0.960. The number of hydrogen-bond donors (Lipinski definition) is 1. The lowest BCUT2D eigenvalue weighted by molar-refractivity contribution is -0.131. The van der Waals surface area contributed by atoms with Crippen molar-refractivity contribution < 1.29 is 14.4 Å². The van der Waals surface area contributed by atoms with Gasteiger partial charge in [-0.3, -0.25) is 14.4 Å². The first kappa shape index (κ1) is 19.7. The molecule has 2 rings (SSSR count). The van der Waals surface area contributed by atoms with E-state index < -0.39 is 0 Å². The maximum absolute atomic E-state index is 12.6. The van der Waals surface area contributed by atoms with Gasteiger partial charge in [-0.25, -0.2) is 0 Å². The van der Waals surface area contributed by atoms with Crippen molar-refractivity contribution in [3.63, 3.8) is 0 Å². The van der Waals surface area contributed by atoms with Crippen molar-refractivity contribution in [3.8, 4) is 0 Å². The molecule has 3 amide bonds. The second kappa shape index (κ2) is 9.15. The molecule has 2 aromatic rings. The summed E-state index contributed by atoms with van der Waals surface area (Å²) in [4.78, 5) is 40.6. The predicted molar refractivity (Wildman–Crippen MR) is 104 cm³/mol. The Kier molecular flexibility index (Phi) is 6.91. The average molecular weight is 373 g/mol. The third-order valence-corrected chi connectivity index (χ3v) is 4.82. The monoisotopic (exact) mass is 373 g/mol. The van der Waals surface area contributed by atoms with Crippen LogP contribution in [0.3, 0.4) is 0 Å². The fraction of sp³-hybridized carbons (Fsp3) is 0.316. The highest BCUT2D eigenvalue weighted by Crippen LogP contribution is 2.16. The highest BCUT2D eigenvalue weighted by atomic mass is 32.1. The molecule has 0 fully saturated rings. The van der Waals surface area contributed by atoms with E-state index in [2.05, 4.69) is 5.32 Å². The van der Waals surface area contributed by atoms with Gasteiger partial charge in [0.05, 0.1) is 11.4 Å². The minimum atomic E-state index is -0.266. The summed E-state index contributed by atoms with van der Waals surface area (Å²) in [7, 11) is 1.60. The van der Waals surface area contributed by atoms with Crippen molar-refractivity contribution >= 4 is 34.7 Å². The lowest BCUT2D eigenvalue weighted by Crippen LogP contribution is -2.41. The smallest absolute Gasteiger partial charge is 0.265 e. The number of rotatable bonds is 7. The molecule has 0 spiro atoms. The molecule has 1 aromatic carbocycles. The average Bonchev–Trinajstić information content (AvgIpc) is 3.17. The van der Waals surface area contributed by atoms with E-state index in [9.17, 15) is 14.4 Å². The van der Waals surface area contributed by atoms with E-state index in [0.717, 1.165) is 0 Å². The van der Waals surface area contributed by atoms with Gasteiger partial charge in [-0.05, 0) is 43.5 Å². The molecule has 0 saturated heterocycles. The minimum absolute atomic E-state index is 0.0201. The number of nitrogens with zero attached hydrogens (tertiary/aromatic N) is 2. The van der Waals surface area contributed by atoms with E-state index in [4.69, 9.17) is 0 Å². The highest BCUT2D eigenvalue weighted by Gasteiger charge is 2.18. The lowest BCUT2D eigenvalue weighted by Gasteiger charge is -2.23. The number of hydrogen-bond acceptors (Lipinski definition) is 4.